The molecule has 0 bridgehead atoms. The second-order valence-corrected chi connectivity index (χ2v) is 6.78. The van der Waals surface area contributed by atoms with Gasteiger partial charge in [-0.15, -0.1) is 0 Å². The molecular formula is C21H22ClNO4. The van der Waals surface area contributed by atoms with Crippen LogP contribution in [0.15, 0.2) is 48.5 Å². The molecule has 2 rings (SSSR count). The van der Waals surface area contributed by atoms with Crippen molar-refractivity contribution in [2.45, 2.75) is 25.9 Å². The smallest absolute Gasteiger partial charge is 0.315 e. The molecule has 142 valence electrons. The first-order valence-electron chi connectivity index (χ1n) is 8.53. The van der Waals surface area contributed by atoms with Crippen LogP contribution in [0.4, 0.5) is 0 Å². The number of halogens is 1. The molecule has 5 nitrogen and oxygen atoms in total. The summed E-state index contributed by atoms with van der Waals surface area (Å²) >= 11 is 5.93. The van der Waals surface area contributed by atoms with Crippen LogP contribution in [-0.4, -0.2) is 19.9 Å². The molecule has 0 aromatic heterocycles. The van der Waals surface area contributed by atoms with Crippen molar-refractivity contribution in [2.24, 2.45) is 5.92 Å². The zero-order valence-corrected chi connectivity index (χ0v) is 16.3. The molecule has 6 heteroatoms. The molecule has 0 aliphatic rings. The summed E-state index contributed by atoms with van der Waals surface area (Å²) in [5.41, 5.74) is 1.34. The summed E-state index contributed by atoms with van der Waals surface area (Å²) in [5.74, 6) is -0.425. The second kappa shape index (κ2) is 9.96. The highest BCUT2D eigenvalue weighted by Gasteiger charge is 2.28. The number of esters is 1. The van der Waals surface area contributed by atoms with Crippen LogP contribution in [0.3, 0.4) is 0 Å². The first-order valence-corrected chi connectivity index (χ1v) is 8.91. The topological polar surface area (TPSA) is 68.6 Å². The lowest BCUT2D eigenvalue weighted by Crippen LogP contribution is -2.22. The number of benzene rings is 2. The predicted molar refractivity (Wildman–Crippen MR) is 102 cm³/mol. The average molecular weight is 388 g/mol. The molecule has 0 amide bonds. The van der Waals surface area contributed by atoms with E-state index in [0.29, 0.717) is 16.3 Å². The Labute approximate surface area is 164 Å². The maximum absolute atomic E-state index is 12.8. The molecule has 2 atom stereocenters. The first-order chi connectivity index (χ1) is 13.0. The van der Waals surface area contributed by atoms with Gasteiger partial charge in [-0.3, -0.25) is 4.79 Å². The third-order valence-corrected chi connectivity index (χ3v) is 4.26. The van der Waals surface area contributed by atoms with Crippen LogP contribution in [0.2, 0.25) is 5.02 Å². The van der Waals surface area contributed by atoms with Crippen LogP contribution in [-0.2, 0) is 14.3 Å². The van der Waals surface area contributed by atoms with Crippen molar-refractivity contribution < 1.29 is 19.0 Å². The zero-order chi connectivity index (χ0) is 19.8. The van der Waals surface area contributed by atoms with Gasteiger partial charge in [-0.2, -0.15) is 5.26 Å². The number of methoxy groups -OCH3 is 1. The summed E-state index contributed by atoms with van der Waals surface area (Å²) in [7, 11) is 1.52. The van der Waals surface area contributed by atoms with E-state index < -0.39 is 18.0 Å². The minimum absolute atomic E-state index is 0.00520. The number of ether oxygens (including phenoxy) is 3. The fraction of sp³-hybridized carbons (Fsp3) is 0.333. The summed E-state index contributed by atoms with van der Waals surface area (Å²) in [5, 5.41) is 10.1. The van der Waals surface area contributed by atoms with E-state index in [9.17, 15) is 10.1 Å². The maximum Gasteiger partial charge on any atom is 0.315 e. The van der Waals surface area contributed by atoms with E-state index in [2.05, 4.69) is 0 Å². The van der Waals surface area contributed by atoms with Gasteiger partial charge >= 0.3 is 5.97 Å². The minimum atomic E-state index is -1.03. The van der Waals surface area contributed by atoms with Gasteiger partial charge in [0.05, 0.1) is 5.92 Å². The Balaban J connectivity index is 2.19. The number of nitriles is 1. The molecule has 0 fully saturated rings. The van der Waals surface area contributed by atoms with Crippen molar-refractivity contribution >= 4 is 17.6 Å². The second-order valence-electron chi connectivity index (χ2n) is 6.34. The molecule has 2 aromatic carbocycles. The van der Waals surface area contributed by atoms with Gasteiger partial charge in [0.2, 0.25) is 6.10 Å². The fourth-order valence-corrected chi connectivity index (χ4v) is 2.84. The van der Waals surface area contributed by atoms with Gasteiger partial charge < -0.3 is 14.2 Å². The number of rotatable bonds is 8. The quantitative estimate of drug-likeness (QED) is 0.477. The Kier molecular flexibility index (Phi) is 7.66. The number of nitrogens with zero attached hydrogens (tertiary/aromatic N) is 1. The summed E-state index contributed by atoms with van der Waals surface area (Å²) in [6.45, 7) is 3.95. The van der Waals surface area contributed by atoms with Crippen molar-refractivity contribution in [3.8, 4) is 11.8 Å². The monoisotopic (exact) mass is 387 g/mol. The lowest BCUT2D eigenvalue weighted by atomic mass is 9.88. The van der Waals surface area contributed by atoms with Crippen LogP contribution in [0.1, 0.15) is 37.0 Å². The largest absolute Gasteiger partial charge is 0.468 e. The molecule has 2 aromatic rings. The van der Waals surface area contributed by atoms with Crippen molar-refractivity contribution in [3.63, 3.8) is 0 Å². The number of carbonyl (C=O) groups is 1. The van der Waals surface area contributed by atoms with Crippen LogP contribution < -0.4 is 4.74 Å². The summed E-state index contributed by atoms with van der Waals surface area (Å²) in [6.07, 6.45) is -1.03. The summed E-state index contributed by atoms with van der Waals surface area (Å²) in [6, 6.07) is 16.0. The highest BCUT2D eigenvalue weighted by Crippen LogP contribution is 2.30. The van der Waals surface area contributed by atoms with Crippen molar-refractivity contribution in [1.29, 1.82) is 5.26 Å². The first kappa shape index (κ1) is 20.8. The maximum atomic E-state index is 12.8. The highest BCUT2D eigenvalue weighted by atomic mass is 35.5. The zero-order valence-electron chi connectivity index (χ0n) is 15.5. The van der Waals surface area contributed by atoms with Gasteiger partial charge in [0, 0.05) is 17.7 Å². The summed E-state index contributed by atoms with van der Waals surface area (Å²) in [4.78, 5) is 12.8. The van der Waals surface area contributed by atoms with E-state index in [1.165, 1.54) is 7.11 Å². The van der Waals surface area contributed by atoms with E-state index in [-0.39, 0.29) is 12.7 Å². The lowest BCUT2D eigenvalue weighted by Gasteiger charge is -2.22. The molecule has 0 aliphatic carbocycles. The van der Waals surface area contributed by atoms with Crippen LogP contribution in [0, 0.1) is 17.2 Å². The Morgan fingerprint density at radius 3 is 2.44 bits per heavy atom. The third kappa shape index (κ3) is 5.72. The van der Waals surface area contributed by atoms with Crippen LogP contribution in [0.5, 0.6) is 5.75 Å². The molecular weight excluding hydrogens is 366 g/mol. The molecule has 27 heavy (non-hydrogen) atoms. The molecule has 0 heterocycles. The van der Waals surface area contributed by atoms with Gasteiger partial charge in [-0.25, -0.2) is 0 Å². The Bertz CT molecular complexity index is 799. The number of carbonyl (C=O) groups excluding carboxylic acids is 1. The number of hydrogen-bond acceptors (Lipinski definition) is 5. The third-order valence-electron chi connectivity index (χ3n) is 4.01. The van der Waals surface area contributed by atoms with Crippen LogP contribution in [0.25, 0.3) is 0 Å². The number of hydrogen-bond donors (Lipinski definition) is 0. The molecule has 0 saturated carbocycles. The molecule has 0 aliphatic heterocycles. The van der Waals surface area contributed by atoms with E-state index in [1.807, 2.05) is 19.9 Å². The van der Waals surface area contributed by atoms with Gasteiger partial charge in [0.25, 0.3) is 0 Å². The molecule has 0 saturated heterocycles. The van der Waals surface area contributed by atoms with Gasteiger partial charge in [0.1, 0.15) is 11.8 Å². The Morgan fingerprint density at radius 1 is 1.15 bits per heavy atom. The van der Waals surface area contributed by atoms with E-state index in [1.54, 1.807) is 48.5 Å². The SMILES string of the molecule is COCOc1cccc(C(C#N)OC(=O)C(c2ccc(Cl)cc2)C(C)C)c1. The molecule has 0 N–H and O–H groups in total. The van der Waals surface area contributed by atoms with E-state index >= 15 is 0 Å². The molecule has 0 radical (unpaired) electrons. The van der Waals surface area contributed by atoms with E-state index in [4.69, 9.17) is 25.8 Å². The predicted octanol–water partition coefficient (Wildman–Crippen LogP) is 4.87. The fourth-order valence-electron chi connectivity index (χ4n) is 2.72. The van der Waals surface area contributed by atoms with Crippen molar-refractivity contribution in [1.82, 2.24) is 0 Å². The van der Waals surface area contributed by atoms with Gasteiger partial charge in [0.15, 0.2) is 6.79 Å². The lowest BCUT2D eigenvalue weighted by molar-refractivity contribution is -0.150. The van der Waals surface area contributed by atoms with Crippen molar-refractivity contribution in [3.05, 3.63) is 64.7 Å². The van der Waals surface area contributed by atoms with Gasteiger partial charge in [-0.05, 0) is 35.7 Å². The Morgan fingerprint density at radius 2 is 1.85 bits per heavy atom. The highest BCUT2D eigenvalue weighted by molar-refractivity contribution is 6.30. The van der Waals surface area contributed by atoms with E-state index in [0.717, 1.165) is 5.56 Å². The average Bonchev–Trinajstić information content (AvgIpc) is 2.66. The summed E-state index contributed by atoms with van der Waals surface area (Å²) < 4.78 is 15.8. The van der Waals surface area contributed by atoms with Crippen LogP contribution >= 0.6 is 11.6 Å². The van der Waals surface area contributed by atoms with Gasteiger partial charge in [-0.1, -0.05) is 49.7 Å². The minimum Gasteiger partial charge on any atom is -0.468 e. The molecule has 2 unspecified atom stereocenters. The Hall–Kier alpha value is -2.55. The normalized spacial score (nSPS) is 12.9. The molecule has 0 spiro atoms. The standard InChI is InChI=1S/C21H22ClNO4/c1-14(2)20(15-7-9-17(22)10-8-15)21(24)27-19(12-23)16-5-4-6-18(11-16)26-13-25-3/h4-11,14,19-20H,13H2,1-3H3. The van der Waals surface area contributed by atoms with Crippen molar-refractivity contribution in [2.75, 3.05) is 13.9 Å².